The van der Waals surface area contributed by atoms with Crippen molar-refractivity contribution >= 4 is 11.6 Å². The molecule has 1 fully saturated rings. The van der Waals surface area contributed by atoms with Gasteiger partial charge in [0.1, 0.15) is 5.75 Å². The van der Waals surface area contributed by atoms with Crippen molar-refractivity contribution in [2.75, 3.05) is 12.3 Å². The van der Waals surface area contributed by atoms with E-state index < -0.39 is 0 Å². The van der Waals surface area contributed by atoms with Crippen LogP contribution in [0.4, 0.5) is 5.69 Å². The van der Waals surface area contributed by atoms with Crippen LogP contribution >= 0.6 is 0 Å². The summed E-state index contributed by atoms with van der Waals surface area (Å²) in [7, 11) is 0. The average molecular weight is 248 g/mol. The fourth-order valence-corrected chi connectivity index (χ4v) is 1.98. The Kier molecular flexibility index (Phi) is 4.07. The molecule has 3 N–H and O–H groups in total. The van der Waals surface area contributed by atoms with Crippen molar-refractivity contribution in [3.05, 3.63) is 24.3 Å². The van der Waals surface area contributed by atoms with Gasteiger partial charge in [-0.2, -0.15) is 0 Å². The molecule has 4 nitrogen and oxygen atoms in total. The topological polar surface area (TPSA) is 64.3 Å². The van der Waals surface area contributed by atoms with Crippen LogP contribution in [0, 0.1) is 5.92 Å². The zero-order valence-corrected chi connectivity index (χ0v) is 10.7. The molecule has 1 aliphatic carbocycles. The second-order valence-corrected chi connectivity index (χ2v) is 4.75. The Morgan fingerprint density at radius 1 is 1.44 bits per heavy atom. The van der Waals surface area contributed by atoms with Crippen molar-refractivity contribution in [1.29, 1.82) is 0 Å². The van der Waals surface area contributed by atoms with Crippen LogP contribution < -0.4 is 15.8 Å². The summed E-state index contributed by atoms with van der Waals surface area (Å²) in [6.45, 7) is 2.56. The van der Waals surface area contributed by atoms with Gasteiger partial charge in [0.25, 0.3) is 0 Å². The molecular formula is C14H20N2O2. The largest absolute Gasteiger partial charge is 0.493 e. The highest BCUT2D eigenvalue weighted by molar-refractivity contribution is 5.76. The van der Waals surface area contributed by atoms with Crippen LogP contribution in [0.1, 0.15) is 26.2 Å². The highest BCUT2D eigenvalue weighted by atomic mass is 16.5. The van der Waals surface area contributed by atoms with Crippen LogP contribution in [-0.4, -0.2) is 18.6 Å². The minimum Gasteiger partial charge on any atom is -0.493 e. The Morgan fingerprint density at radius 2 is 2.17 bits per heavy atom. The third-order valence-corrected chi connectivity index (χ3v) is 3.27. The molecule has 1 aromatic rings. The highest BCUT2D eigenvalue weighted by Crippen LogP contribution is 2.33. The molecule has 0 radical (unpaired) electrons. The van der Waals surface area contributed by atoms with Gasteiger partial charge < -0.3 is 15.8 Å². The van der Waals surface area contributed by atoms with Crippen molar-refractivity contribution in [3.63, 3.8) is 0 Å². The number of hydrogen-bond donors (Lipinski definition) is 2. The standard InChI is InChI=1S/C14H20N2O2/c1-2-10-9-13(10)16-14(17)7-8-18-12-5-3-11(15)4-6-12/h3-6,10,13H,2,7-9,15H2,1H3,(H,16,17). The molecule has 1 aromatic carbocycles. The van der Waals surface area contributed by atoms with E-state index in [4.69, 9.17) is 10.5 Å². The van der Waals surface area contributed by atoms with Gasteiger partial charge in [-0.1, -0.05) is 13.3 Å². The number of amides is 1. The van der Waals surface area contributed by atoms with E-state index >= 15 is 0 Å². The zero-order chi connectivity index (χ0) is 13.0. The van der Waals surface area contributed by atoms with Gasteiger partial charge in [0.2, 0.25) is 5.91 Å². The molecule has 2 atom stereocenters. The van der Waals surface area contributed by atoms with Crippen molar-refractivity contribution in [3.8, 4) is 5.75 Å². The summed E-state index contributed by atoms with van der Waals surface area (Å²) in [6, 6.07) is 7.58. The van der Waals surface area contributed by atoms with Crippen LogP contribution in [0.5, 0.6) is 5.75 Å². The van der Waals surface area contributed by atoms with Gasteiger partial charge in [-0.3, -0.25) is 4.79 Å². The first-order valence-electron chi connectivity index (χ1n) is 6.46. The summed E-state index contributed by atoms with van der Waals surface area (Å²) < 4.78 is 5.47. The van der Waals surface area contributed by atoms with Gasteiger partial charge >= 0.3 is 0 Å². The van der Waals surface area contributed by atoms with E-state index in [-0.39, 0.29) is 5.91 Å². The van der Waals surface area contributed by atoms with Crippen molar-refractivity contribution in [1.82, 2.24) is 5.32 Å². The number of ether oxygens (including phenoxy) is 1. The van der Waals surface area contributed by atoms with Gasteiger partial charge in [-0.05, 0) is 36.6 Å². The van der Waals surface area contributed by atoms with Crippen LogP contribution in [0.3, 0.4) is 0 Å². The number of hydrogen-bond acceptors (Lipinski definition) is 3. The summed E-state index contributed by atoms with van der Waals surface area (Å²) in [4.78, 5) is 11.6. The molecule has 0 bridgehead atoms. The normalized spacial score (nSPS) is 21.4. The fraction of sp³-hybridized carbons (Fsp3) is 0.500. The molecule has 18 heavy (non-hydrogen) atoms. The molecule has 1 amide bonds. The van der Waals surface area contributed by atoms with Crippen LogP contribution in [0.25, 0.3) is 0 Å². The minimum absolute atomic E-state index is 0.0754. The van der Waals surface area contributed by atoms with Crippen LogP contribution in [0.2, 0.25) is 0 Å². The first-order valence-corrected chi connectivity index (χ1v) is 6.46. The number of nitrogens with one attached hydrogen (secondary N) is 1. The number of rotatable bonds is 6. The lowest BCUT2D eigenvalue weighted by Crippen LogP contribution is -2.28. The zero-order valence-electron chi connectivity index (χ0n) is 10.7. The summed E-state index contributed by atoms with van der Waals surface area (Å²) >= 11 is 0. The maximum atomic E-state index is 11.6. The van der Waals surface area contributed by atoms with Crippen molar-refractivity contribution < 1.29 is 9.53 Å². The molecule has 0 spiro atoms. The fourth-order valence-electron chi connectivity index (χ4n) is 1.98. The number of nitrogens with two attached hydrogens (primary N) is 1. The number of carbonyl (C=O) groups excluding carboxylic acids is 1. The molecule has 0 aromatic heterocycles. The summed E-state index contributed by atoms with van der Waals surface area (Å²) in [6.07, 6.45) is 2.67. The van der Waals surface area contributed by atoms with Crippen molar-refractivity contribution in [2.24, 2.45) is 5.92 Å². The second-order valence-electron chi connectivity index (χ2n) is 4.75. The van der Waals surface area contributed by atoms with Gasteiger partial charge in [-0.25, -0.2) is 0 Å². The molecule has 2 unspecified atom stereocenters. The van der Waals surface area contributed by atoms with E-state index in [1.807, 2.05) is 0 Å². The van der Waals surface area contributed by atoms with E-state index in [9.17, 15) is 4.79 Å². The average Bonchev–Trinajstić information content (AvgIpc) is 3.10. The van der Waals surface area contributed by atoms with E-state index in [1.165, 1.54) is 0 Å². The first kappa shape index (κ1) is 12.7. The molecule has 0 saturated heterocycles. The molecule has 98 valence electrons. The number of anilines is 1. The van der Waals surface area contributed by atoms with Gasteiger partial charge in [0.15, 0.2) is 0 Å². The maximum absolute atomic E-state index is 11.6. The number of benzene rings is 1. The smallest absolute Gasteiger partial charge is 0.223 e. The number of carbonyl (C=O) groups is 1. The Balaban J connectivity index is 1.63. The Morgan fingerprint density at radius 3 is 2.78 bits per heavy atom. The van der Waals surface area contributed by atoms with Gasteiger partial charge in [0, 0.05) is 11.7 Å². The first-order chi connectivity index (χ1) is 8.69. The second kappa shape index (κ2) is 5.76. The van der Waals surface area contributed by atoms with E-state index in [1.54, 1.807) is 24.3 Å². The lowest BCUT2D eigenvalue weighted by atomic mass is 10.3. The molecular weight excluding hydrogens is 228 g/mol. The van der Waals surface area contributed by atoms with Gasteiger partial charge in [0.05, 0.1) is 13.0 Å². The Bertz CT molecular complexity index is 403. The molecule has 0 heterocycles. The van der Waals surface area contributed by atoms with E-state index in [0.29, 0.717) is 30.7 Å². The van der Waals surface area contributed by atoms with Gasteiger partial charge in [-0.15, -0.1) is 0 Å². The van der Waals surface area contributed by atoms with E-state index in [0.717, 1.165) is 18.6 Å². The van der Waals surface area contributed by atoms with Crippen LogP contribution in [0.15, 0.2) is 24.3 Å². The third-order valence-electron chi connectivity index (χ3n) is 3.27. The summed E-state index contributed by atoms with van der Waals surface area (Å²) in [5, 5.41) is 3.01. The van der Waals surface area contributed by atoms with Crippen molar-refractivity contribution in [2.45, 2.75) is 32.2 Å². The van der Waals surface area contributed by atoms with Crippen LogP contribution in [-0.2, 0) is 4.79 Å². The minimum atomic E-state index is 0.0754. The Labute approximate surface area is 108 Å². The Hall–Kier alpha value is -1.71. The molecule has 2 rings (SSSR count). The highest BCUT2D eigenvalue weighted by Gasteiger charge is 2.36. The quantitative estimate of drug-likeness (QED) is 0.756. The summed E-state index contributed by atoms with van der Waals surface area (Å²) in [5.74, 6) is 1.51. The van der Waals surface area contributed by atoms with E-state index in [2.05, 4.69) is 12.2 Å². The molecule has 4 heteroatoms. The molecule has 1 saturated carbocycles. The SMILES string of the molecule is CCC1CC1NC(=O)CCOc1ccc(N)cc1. The molecule has 1 aliphatic rings. The maximum Gasteiger partial charge on any atom is 0.223 e. The lowest BCUT2D eigenvalue weighted by molar-refractivity contribution is -0.121. The third kappa shape index (κ3) is 3.65. The predicted octanol–water partition coefficient (Wildman–Crippen LogP) is 1.95. The lowest BCUT2D eigenvalue weighted by Gasteiger charge is -2.07. The monoisotopic (exact) mass is 248 g/mol. The predicted molar refractivity (Wildman–Crippen MR) is 71.3 cm³/mol. The molecule has 0 aliphatic heterocycles. The number of nitrogen functional groups attached to an aromatic ring is 1. The summed E-state index contributed by atoms with van der Waals surface area (Å²) in [5.41, 5.74) is 6.28.